The number of nitro benzene ring substituents is 1. The van der Waals surface area contributed by atoms with Gasteiger partial charge < -0.3 is 14.7 Å². The number of benzene rings is 2. The summed E-state index contributed by atoms with van der Waals surface area (Å²) in [5.74, 6) is -1.88. The maximum atomic E-state index is 12.9. The van der Waals surface area contributed by atoms with Crippen LogP contribution in [-0.4, -0.2) is 45.9 Å². The van der Waals surface area contributed by atoms with Crippen molar-refractivity contribution >= 4 is 34.7 Å². The first kappa shape index (κ1) is 21.0. The SMILES string of the molecule is O=C1C(=O)N(CC2CCCO2)C(c2ccc([N+](=O)[O-])cc2)C1=C(O)c1ccc(Cl)cc1. The number of likely N-dealkylation sites (tertiary alicyclic amines) is 1. The topological polar surface area (TPSA) is 110 Å². The number of nitrogens with zero attached hydrogens (tertiary/aromatic N) is 2. The second-order valence-electron chi connectivity index (χ2n) is 7.44. The molecule has 1 N–H and O–H groups in total. The summed E-state index contributed by atoms with van der Waals surface area (Å²) in [6.07, 6.45) is 1.41. The number of aliphatic hydroxyl groups excluding tert-OH is 1. The van der Waals surface area contributed by atoms with Crippen LogP contribution in [0.2, 0.25) is 5.02 Å². The highest BCUT2D eigenvalue weighted by Crippen LogP contribution is 2.40. The number of nitro groups is 1. The highest BCUT2D eigenvalue weighted by Gasteiger charge is 2.47. The van der Waals surface area contributed by atoms with Gasteiger partial charge in [-0.25, -0.2) is 0 Å². The van der Waals surface area contributed by atoms with Crippen LogP contribution in [0.4, 0.5) is 5.69 Å². The van der Waals surface area contributed by atoms with Crippen molar-refractivity contribution < 1.29 is 24.4 Å². The van der Waals surface area contributed by atoms with Gasteiger partial charge in [-0.05, 0) is 54.8 Å². The molecule has 2 aliphatic rings. The number of aliphatic hydroxyl groups is 1. The third kappa shape index (κ3) is 4.04. The third-order valence-corrected chi connectivity index (χ3v) is 5.75. The molecule has 0 aliphatic carbocycles. The summed E-state index contributed by atoms with van der Waals surface area (Å²) < 4.78 is 5.64. The number of Topliss-reactive ketones (excluding diaryl/α,β-unsaturated/α-hetero) is 1. The fourth-order valence-corrected chi connectivity index (χ4v) is 4.09. The summed E-state index contributed by atoms with van der Waals surface area (Å²) in [5, 5.41) is 22.4. The molecule has 0 aromatic heterocycles. The van der Waals surface area contributed by atoms with Crippen LogP contribution < -0.4 is 0 Å². The number of hydrogen-bond donors (Lipinski definition) is 1. The molecular formula is C22H19ClN2O6. The molecule has 2 aromatic rings. The molecule has 2 aliphatic heterocycles. The average molecular weight is 443 g/mol. The highest BCUT2D eigenvalue weighted by molar-refractivity contribution is 6.46. The van der Waals surface area contributed by atoms with Crippen LogP contribution >= 0.6 is 11.6 Å². The summed E-state index contributed by atoms with van der Waals surface area (Å²) in [4.78, 5) is 37.7. The Morgan fingerprint density at radius 1 is 1.16 bits per heavy atom. The summed E-state index contributed by atoms with van der Waals surface area (Å²) in [7, 11) is 0. The molecule has 2 heterocycles. The van der Waals surface area contributed by atoms with E-state index in [1.54, 1.807) is 24.3 Å². The van der Waals surface area contributed by atoms with E-state index in [0.29, 0.717) is 22.8 Å². The fraction of sp³-hybridized carbons (Fsp3) is 0.273. The monoisotopic (exact) mass is 442 g/mol. The van der Waals surface area contributed by atoms with Gasteiger partial charge in [0.1, 0.15) is 5.76 Å². The van der Waals surface area contributed by atoms with Gasteiger partial charge in [0.05, 0.1) is 22.6 Å². The molecule has 2 aromatic carbocycles. The average Bonchev–Trinajstić information content (AvgIpc) is 3.36. The van der Waals surface area contributed by atoms with E-state index in [1.807, 2.05) is 0 Å². The van der Waals surface area contributed by atoms with Crippen molar-refractivity contribution in [3.8, 4) is 0 Å². The van der Waals surface area contributed by atoms with Crippen LogP contribution in [0.25, 0.3) is 5.76 Å². The number of ketones is 1. The van der Waals surface area contributed by atoms with E-state index >= 15 is 0 Å². The fourth-order valence-electron chi connectivity index (χ4n) is 3.96. The number of ether oxygens (including phenoxy) is 1. The molecule has 0 radical (unpaired) electrons. The standard InChI is InChI=1S/C22H19ClN2O6/c23-15-7-3-14(4-8-15)20(26)18-19(13-5-9-16(10-6-13)25(29)30)24(22(28)21(18)27)12-17-2-1-11-31-17/h3-10,17,19,26H,1-2,11-12H2. The van der Waals surface area contributed by atoms with Gasteiger partial charge >= 0.3 is 0 Å². The van der Waals surface area contributed by atoms with Gasteiger partial charge in [0.15, 0.2) is 0 Å². The summed E-state index contributed by atoms with van der Waals surface area (Å²) >= 11 is 5.92. The number of rotatable bonds is 5. The van der Waals surface area contributed by atoms with E-state index in [-0.39, 0.29) is 29.7 Å². The van der Waals surface area contributed by atoms with Crippen LogP contribution in [0, 0.1) is 10.1 Å². The maximum Gasteiger partial charge on any atom is 0.295 e. The quantitative estimate of drug-likeness (QED) is 0.247. The molecule has 4 rings (SSSR count). The number of non-ortho nitro benzene ring substituents is 1. The lowest BCUT2D eigenvalue weighted by Crippen LogP contribution is -2.36. The zero-order valence-electron chi connectivity index (χ0n) is 16.4. The number of carbonyl (C=O) groups excluding carboxylic acids is 2. The maximum absolute atomic E-state index is 12.9. The number of halogens is 1. The second-order valence-corrected chi connectivity index (χ2v) is 7.88. The molecule has 2 atom stereocenters. The molecule has 2 unspecified atom stereocenters. The minimum absolute atomic E-state index is 0.0702. The Kier molecular flexibility index (Phi) is 5.75. The lowest BCUT2D eigenvalue weighted by Gasteiger charge is -2.27. The molecule has 0 bridgehead atoms. The predicted molar refractivity (Wildman–Crippen MR) is 113 cm³/mol. The van der Waals surface area contributed by atoms with E-state index in [9.17, 15) is 24.8 Å². The molecule has 2 fully saturated rings. The van der Waals surface area contributed by atoms with Gasteiger partial charge in [0.2, 0.25) is 0 Å². The minimum Gasteiger partial charge on any atom is -0.507 e. The van der Waals surface area contributed by atoms with Crippen molar-refractivity contribution in [1.29, 1.82) is 0 Å². The second kappa shape index (κ2) is 8.49. The Morgan fingerprint density at radius 2 is 1.84 bits per heavy atom. The van der Waals surface area contributed by atoms with Crippen LogP contribution in [0.5, 0.6) is 0 Å². The van der Waals surface area contributed by atoms with Gasteiger partial charge in [-0.3, -0.25) is 19.7 Å². The zero-order valence-corrected chi connectivity index (χ0v) is 17.1. The molecular weight excluding hydrogens is 424 g/mol. The van der Waals surface area contributed by atoms with Crippen molar-refractivity contribution in [2.24, 2.45) is 0 Å². The smallest absolute Gasteiger partial charge is 0.295 e. The van der Waals surface area contributed by atoms with Crippen LogP contribution in [-0.2, 0) is 14.3 Å². The molecule has 1 amide bonds. The summed E-state index contributed by atoms with van der Waals surface area (Å²) in [5.41, 5.74) is 0.640. The van der Waals surface area contributed by atoms with Crippen molar-refractivity contribution in [2.45, 2.75) is 25.0 Å². The van der Waals surface area contributed by atoms with Crippen molar-refractivity contribution in [1.82, 2.24) is 4.90 Å². The van der Waals surface area contributed by atoms with Gasteiger partial charge in [-0.2, -0.15) is 0 Å². The number of hydrogen-bond acceptors (Lipinski definition) is 6. The first-order valence-electron chi connectivity index (χ1n) is 9.77. The Morgan fingerprint density at radius 3 is 2.42 bits per heavy atom. The summed E-state index contributed by atoms with van der Waals surface area (Å²) in [6.45, 7) is 0.769. The van der Waals surface area contributed by atoms with Gasteiger partial charge in [0, 0.05) is 35.9 Å². The predicted octanol–water partition coefficient (Wildman–Crippen LogP) is 3.85. The van der Waals surface area contributed by atoms with Gasteiger partial charge in [-0.15, -0.1) is 0 Å². The highest BCUT2D eigenvalue weighted by atomic mass is 35.5. The number of carbonyl (C=O) groups is 2. The molecule has 2 saturated heterocycles. The van der Waals surface area contributed by atoms with E-state index in [2.05, 4.69) is 0 Å². The van der Waals surface area contributed by atoms with E-state index in [1.165, 1.54) is 29.2 Å². The lowest BCUT2D eigenvalue weighted by molar-refractivity contribution is -0.384. The van der Waals surface area contributed by atoms with Crippen LogP contribution in [0.15, 0.2) is 54.1 Å². The van der Waals surface area contributed by atoms with Crippen LogP contribution in [0.3, 0.4) is 0 Å². The van der Waals surface area contributed by atoms with Gasteiger partial charge in [-0.1, -0.05) is 11.6 Å². The van der Waals surface area contributed by atoms with Crippen molar-refractivity contribution in [2.75, 3.05) is 13.2 Å². The molecule has 0 spiro atoms. The van der Waals surface area contributed by atoms with E-state index in [0.717, 1.165) is 12.8 Å². The Hall–Kier alpha value is -3.23. The molecule has 0 saturated carbocycles. The Labute approximate surface area is 182 Å². The molecule has 8 nitrogen and oxygen atoms in total. The first-order valence-corrected chi connectivity index (χ1v) is 10.1. The van der Waals surface area contributed by atoms with E-state index in [4.69, 9.17) is 16.3 Å². The lowest BCUT2D eigenvalue weighted by atomic mass is 9.95. The molecule has 31 heavy (non-hydrogen) atoms. The zero-order chi connectivity index (χ0) is 22.1. The van der Waals surface area contributed by atoms with Crippen molar-refractivity contribution in [3.05, 3.63) is 80.4 Å². The minimum atomic E-state index is -0.888. The molecule has 9 heteroatoms. The van der Waals surface area contributed by atoms with Crippen molar-refractivity contribution in [3.63, 3.8) is 0 Å². The largest absolute Gasteiger partial charge is 0.507 e. The first-order chi connectivity index (χ1) is 14.9. The van der Waals surface area contributed by atoms with Gasteiger partial charge in [0.25, 0.3) is 17.4 Å². The van der Waals surface area contributed by atoms with E-state index < -0.39 is 22.7 Å². The number of amides is 1. The Balaban J connectivity index is 1.81. The molecule has 160 valence electrons. The normalized spacial score (nSPS) is 22.8. The van der Waals surface area contributed by atoms with Crippen LogP contribution in [0.1, 0.15) is 30.0 Å². The Bertz CT molecular complexity index is 1060. The summed E-state index contributed by atoms with van der Waals surface area (Å²) in [6, 6.07) is 11.0. The third-order valence-electron chi connectivity index (χ3n) is 5.50.